The minimum Gasteiger partial charge on any atom is -0.448 e. The lowest BCUT2D eigenvalue weighted by molar-refractivity contribution is -0.186. The summed E-state index contributed by atoms with van der Waals surface area (Å²) < 4.78 is 18.7. The van der Waals surface area contributed by atoms with Crippen LogP contribution >= 0.6 is 0 Å². The van der Waals surface area contributed by atoms with Crippen molar-refractivity contribution in [2.24, 2.45) is 23.7 Å². The van der Waals surface area contributed by atoms with Crippen LogP contribution in [0.25, 0.3) is 0 Å². The molecule has 5 aliphatic rings. The molecule has 4 aliphatic heterocycles. The summed E-state index contributed by atoms with van der Waals surface area (Å²) in [6, 6.07) is 9.87. The third-order valence-electron chi connectivity index (χ3n) is 9.31. The van der Waals surface area contributed by atoms with Gasteiger partial charge in [-0.15, -0.1) is 0 Å². The fourth-order valence-electron chi connectivity index (χ4n) is 7.25. The van der Waals surface area contributed by atoms with Crippen LogP contribution in [0.15, 0.2) is 42.0 Å². The molecular weight excluding hydrogens is 446 g/mol. The van der Waals surface area contributed by atoms with Crippen LogP contribution < -0.4 is 5.32 Å². The Balaban J connectivity index is 1.43. The van der Waals surface area contributed by atoms with Crippen molar-refractivity contribution in [3.05, 3.63) is 47.5 Å². The Bertz CT molecular complexity index is 1120. The molecule has 1 aliphatic carbocycles. The molecule has 35 heavy (non-hydrogen) atoms. The normalized spacial score (nSPS) is 47.9. The monoisotopic (exact) mass is 479 g/mol. The van der Waals surface area contributed by atoms with Gasteiger partial charge in [-0.2, -0.15) is 0 Å². The number of esters is 1. The lowest BCUT2D eigenvalue weighted by Crippen LogP contribution is -2.63. The number of hydrogen-bond acceptors (Lipinski definition) is 6. The fourth-order valence-corrected chi connectivity index (χ4v) is 7.25. The van der Waals surface area contributed by atoms with Gasteiger partial charge in [-0.05, 0) is 43.7 Å². The molecule has 4 fully saturated rings. The van der Waals surface area contributed by atoms with Crippen molar-refractivity contribution in [1.82, 2.24) is 5.32 Å². The molecule has 1 N–H and O–H groups in total. The largest absolute Gasteiger partial charge is 0.448 e. The smallest absolute Gasteiger partial charge is 0.310 e. The number of nitrogens with one attached hydrogen (secondary N) is 1. The zero-order valence-electron chi connectivity index (χ0n) is 20.7. The first-order chi connectivity index (χ1) is 16.7. The quantitative estimate of drug-likeness (QED) is 0.518. The molecule has 1 aromatic rings. The Labute approximate surface area is 205 Å². The van der Waals surface area contributed by atoms with Crippen molar-refractivity contribution in [1.29, 1.82) is 0 Å². The number of benzene rings is 1. The predicted molar refractivity (Wildman–Crippen MR) is 126 cm³/mol. The second-order valence-electron chi connectivity index (χ2n) is 11.3. The maximum atomic E-state index is 13.9. The molecule has 186 valence electrons. The number of Topliss-reactive ketones (excluding diaryl/α,β-unsaturated/α-hetero) is 1. The summed E-state index contributed by atoms with van der Waals surface area (Å²) in [6.45, 7) is 7.85. The van der Waals surface area contributed by atoms with Crippen LogP contribution in [0.1, 0.15) is 46.1 Å². The van der Waals surface area contributed by atoms with Gasteiger partial charge < -0.3 is 19.5 Å². The lowest BCUT2D eigenvalue weighted by Gasteiger charge is -2.46. The summed E-state index contributed by atoms with van der Waals surface area (Å²) in [5.74, 6) is -1.62. The summed E-state index contributed by atoms with van der Waals surface area (Å²) in [5, 5.41) is 3.22. The number of carbonyl (C=O) groups is 3. The van der Waals surface area contributed by atoms with Crippen LogP contribution in [0.2, 0.25) is 0 Å². The van der Waals surface area contributed by atoms with Crippen LogP contribution in [0, 0.1) is 23.7 Å². The highest BCUT2D eigenvalue weighted by atomic mass is 16.6. The zero-order chi connectivity index (χ0) is 24.7. The van der Waals surface area contributed by atoms with Crippen LogP contribution in [-0.4, -0.2) is 53.2 Å². The summed E-state index contributed by atoms with van der Waals surface area (Å²) in [7, 11) is 0. The van der Waals surface area contributed by atoms with E-state index in [2.05, 4.69) is 31.3 Å². The van der Waals surface area contributed by atoms with E-state index in [1.807, 2.05) is 25.1 Å². The van der Waals surface area contributed by atoms with E-state index >= 15 is 0 Å². The van der Waals surface area contributed by atoms with Gasteiger partial charge in [0.1, 0.15) is 0 Å². The molecule has 1 saturated carbocycles. The minimum absolute atomic E-state index is 0.00732. The third-order valence-corrected chi connectivity index (χ3v) is 9.31. The topological polar surface area (TPSA) is 97.5 Å². The van der Waals surface area contributed by atoms with E-state index < -0.39 is 23.1 Å². The third kappa shape index (κ3) is 3.34. The van der Waals surface area contributed by atoms with Gasteiger partial charge >= 0.3 is 5.97 Å². The summed E-state index contributed by atoms with van der Waals surface area (Å²) in [6.07, 6.45) is 2.13. The number of allylic oxidation sites excluding steroid dienone is 1. The Morgan fingerprint density at radius 2 is 1.83 bits per heavy atom. The van der Waals surface area contributed by atoms with Gasteiger partial charge in [-0.3, -0.25) is 14.4 Å². The molecule has 7 heteroatoms. The first-order valence-corrected chi connectivity index (χ1v) is 12.8. The molecule has 0 radical (unpaired) electrons. The highest BCUT2D eigenvalue weighted by Crippen LogP contribution is 2.66. The van der Waals surface area contributed by atoms with Crippen LogP contribution in [0.3, 0.4) is 0 Å². The Hall–Kier alpha value is -2.51. The van der Waals surface area contributed by atoms with Crippen LogP contribution in [0.5, 0.6) is 0 Å². The van der Waals surface area contributed by atoms with Crippen molar-refractivity contribution in [2.45, 2.75) is 82.5 Å². The van der Waals surface area contributed by atoms with E-state index in [0.29, 0.717) is 18.4 Å². The van der Waals surface area contributed by atoms with Gasteiger partial charge in [0.05, 0.1) is 36.3 Å². The van der Waals surface area contributed by atoms with Crippen molar-refractivity contribution in [3.8, 4) is 0 Å². The Morgan fingerprint density at radius 3 is 2.57 bits per heavy atom. The summed E-state index contributed by atoms with van der Waals surface area (Å²) in [5.41, 5.74) is -0.0957. The molecule has 1 aromatic carbocycles. The molecule has 1 amide bonds. The second kappa shape index (κ2) is 7.74. The van der Waals surface area contributed by atoms with Crippen molar-refractivity contribution in [2.75, 3.05) is 0 Å². The van der Waals surface area contributed by atoms with E-state index in [1.165, 1.54) is 0 Å². The zero-order valence-corrected chi connectivity index (χ0v) is 20.7. The van der Waals surface area contributed by atoms with Gasteiger partial charge in [-0.25, -0.2) is 0 Å². The standard InChI is InChI=1S/C28H33NO6/c1-14-10-11-20(30)34-28-21(18(29-26(28)32)13-17-8-6-5-7-9-17)16(3)27(4)25(35-27)22(28)24-19(33-24)12-15(2)23(14)31/h5-10,15-16,18-19,21-22,24-25H,11-13H2,1-4H3,(H,29,32)/b14-10+/t15-,16-,18-,19+,21-,22-,24-,25-,27+,28-/m0/s1. The molecule has 6 rings (SSSR count). The minimum atomic E-state index is -1.36. The van der Waals surface area contributed by atoms with Gasteiger partial charge in [0.2, 0.25) is 5.60 Å². The number of fused-ring (bicyclic) bond motifs is 4. The van der Waals surface area contributed by atoms with E-state index in [9.17, 15) is 14.4 Å². The number of epoxide rings is 2. The number of ether oxygens (including phenoxy) is 3. The highest BCUT2D eigenvalue weighted by molar-refractivity contribution is 5.97. The number of carbonyl (C=O) groups excluding carboxylic acids is 3. The van der Waals surface area contributed by atoms with E-state index in [4.69, 9.17) is 14.2 Å². The predicted octanol–water partition coefficient (Wildman–Crippen LogP) is 2.76. The van der Waals surface area contributed by atoms with Gasteiger partial charge in [0, 0.05) is 17.9 Å². The number of rotatable bonds is 2. The van der Waals surface area contributed by atoms with E-state index in [1.54, 1.807) is 13.0 Å². The number of ketones is 1. The lowest BCUT2D eigenvalue weighted by atomic mass is 9.58. The van der Waals surface area contributed by atoms with E-state index in [-0.39, 0.29) is 60.2 Å². The fraction of sp³-hybridized carbons (Fsp3) is 0.607. The second-order valence-corrected chi connectivity index (χ2v) is 11.3. The molecule has 7 nitrogen and oxygen atoms in total. The molecular formula is C28H33NO6. The number of amides is 1. The Morgan fingerprint density at radius 1 is 1.09 bits per heavy atom. The molecule has 1 spiro atoms. The average Bonchev–Trinajstić information content (AvgIpc) is 3.71. The summed E-state index contributed by atoms with van der Waals surface area (Å²) >= 11 is 0. The number of hydrogen-bond donors (Lipinski definition) is 1. The maximum absolute atomic E-state index is 13.9. The van der Waals surface area contributed by atoms with Gasteiger partial charge in [0.15, 0.2) is 5.78 Å². The summed E-state index contributed by atoms with van der Waals surface area (Å²) in [4.78, 5) is 39.9. The SMILES string of the molecule is C/C1=C\CC(=O)O[C@@]23C(=O)N[C@@H](Cc4ccccc4)[C@@H]2[C@H](C)[C@@]2(C)O[C@H]2[C@@H]3[C@H]2O[C@@H]2C[C@H](C)C1=O. The van der Waals surface area contributed by atoms with Crippen LogP contribution in [0.4, 0.5) is 0 Å². The molecule has 4 heterocycles. The molecule has 3 saturated heterocycles. The van der Waals surface area contributed by atoms with Gasteiger partial charge in [-0.1, -0.05) is 50.3 Å². The van der Waals surface area contributed by atoms with Crippen LogP contribution in [-0.2, 0) is 35.0 Å². The average molecular weight is 480 g/mol. The van der Waals surface area contributed by atoms with Gasteiger partial charge in [0.25, 0.3) is 5.91 Å². The molecule has 0 unspecified atom stereocenters. The maximum Gasteiger partial charge on any atom is 0.310 e. The first-order valence-electron chi connectivity index (χ1n) is 12.8. The van der Waals surface area contributed by atoms with Crippen molar-refractivity contribution >= 4 is 17.7 Å². The van der Waals surface area contributed by atoms with Crippen molar-refractivity contribution in [3.63, 3.8) is 0 Å². The molecule has 0 aromatic heterocycles. The van der Waals surface area contributed by atoms with Crippen molar-refractivity contribution < 1.29 is 28.6 Å². The molecule has 10 atom stereocenters. The first kappa shape index (κ1) is 22.9. The van der Waals surface area contributed by atoms with E-state index in [0.717, 1.165) is 5.56 Å². The highest BCUT2D eigenvalue weighted by Gasteiger charge is 2.82. The molecule has 0 bridgehead atoms. The Kier molecular flexibility index (Phi) is 5.07.